The summed E-state index contributed by atoms with van der Waals surface area (Å²) in [5.41, 5.74) is 9.75. The van der Waals surface area contributed by atoms with Crippen molar-refractivity contribution >= 4 is 17.3 Å². The van der Waals surface area contributed by atoms with Gasteiger partial charge in [0.1, 0.15) is 46.0 Å². The summed E-state index contributed by atoms with van der Waals surface area (Å²) in [7, 11) is 0. The molecule has 52 heavy (non-hydrogen) atoms. The summed E-state index contributed by atoms with van der Waals surface area (Å²) in [5, 5.41) is 0. The van der Waals surface area contributed by atoms with Gasteiger partial charge in [-0.1, -0.05) is 17.7 Å². The van der Waals surface area contributed by atoms with Gasteiger partial charge in [-0.05, 0) is 165 Å². The lowest BCUT2D eigenvalue weighted by atomic mass is 10.0. The van der Waals surface area contributed by atoms with Crippen LogP contribution in [0.4, 0.5) is 5.69 Å². The SMILES string of the molecule is Cc1ccc(Oc2ccc(C(=O)c3ccc(Oc4ccc(Oc5ccc(C(=O)c6ccc(Oc7ccc(N)cc7)cc6)cc5)cc4)cc3)cc2)cc1. The third-order valence-corrected chi connectivity index (χ3v) is 8.13. The molecule has 0 radical (unpaired) electrons. The Morgan fingerprint density at radius 3 is 0.769 bits per heavy atom. The second kappa shape index (κ2) is 15.2. The summed E-state index contributed by atoms with van der Waals surface area (Å²) in [6.07, 6.45) is 0. The minimum atomic E-state index is -0.109. The van der Waals surface area contributed by atoms with Crippen LogP contribution in [0.15, 0.2) is 170 Å². The zero-order chi connectivity index (χ0) is 35.9. The van der Waals surface area contributed by atoms with Crippen LogP contribution in [-0.4, -0.2) is 11.6 Å². The van der Waals surface area contributed by atoms with Gasteiger partial charge in [0.2, 0.25) is 0 Å². The molecule has 0 saturated carbocycles. The van der Waals surface area contributed by atoms with E-state index in [0.29, 0.717) is 68.2 Å². The molecular formula is C45H33NO6. The second-order valence-corrected chi connectivity index (χ2v) is 12.0. The van der Waals surface area contributed by atoms with E-state index in [1.54, 1.807) is 146 Å². The van der Waals surface area contributed by atoms with Gasteiger partial charge in [-0.3, -0.25) is 9.59 Å². The fraction of sp³-hybridized carbons (Fsp3) is 0.0222. The molecule has 0 aliphatic rings. The average molecular weight is 684 g/mol. The molecule has 0 aliphatic heterocycles. The van der Waals surface area contributed by atoms with Crippen molar-refractivity contribution in [3.63, 3.8) is 0 Å². The Labute approximate surface area is 301 Å². The molecule has 0 aromatic heterocycles. The van der Waals surface area contributed by atoms with Crippen LogP contribution in [0.5, 0.6) is 46.0 Å². The minimum absolute atomic E-state index is 0.0949. The number of carbonyl (C=O) groups is 2. The molecule has 0 spiro atoms. The number of ketones is 2. The van der Waals surface area contributed by atoms with Gasteiger partial charge in [0.15, 0.2) is 11.6 Å². The zero-order valence-corrected chi connectivity index (χ0v) is 28.2. The van der Waals surface area contributed by atoms with Crippen molar-refractivity contribution < 1.29 is 28.5 Å². The van der Waals surface area contributed by atoms with Crippen molar-refractivity contribution in [1.29, 1.82) is 0 Å². The summed E-state index contributed by atoms with van der Waals surface area (Å²) in [6, 6.07) is 50.2. The highest BCUT2D eigenvalue weighted by Crippen LogP contribution is 2.29. The van der Waals surface area contributed by atoms with Gasteiger partial charge >= 0.3 is 0 Å². The molecule has 7 rings (SSSR count). The largest absolute Gasteiger partial charge is 0.457 e. The maximum atomic E-state index is 13.1. The Bertz CT molecular complexity index is 2110. The van der Waals surface area contributed by atoms with Crippen LogP contribution >= 0.6 is 0 Å². The lowest BCUT2D eigenvalue weighted by molar-refractivity contribution is 0.103. The van der Waals surface area contributed by atoms with Gasteiger partial charge in [0, 0.05) is 27.9 Å². The van der Waals surface area contributed by atoms with E-state index in [-0.39, 0.29) is 11.6 Å². The highest BCUT2D eigenvalue weighted by atomic mass is 16.5. The molecule has 7 heteroatoms. The maximum absolute atomic E-state index is 13.1. The molecule has 7 nitrogen and oxygen atoms in total. The third-order valence-electron chi connectivity index (χ3n) is 8.13. The van der Waals surface area contributed by atoms with Crippen molar-refractivity contribution in [2.45, 2.75) is 6.92 Å². The quantitative estimate of drug-likeness (QED) is 0.101. The molecule has 0 unspecified atom stereocenters. The van der Waals surface area contributed by atoms with Crippen LogP contribution < -0.4 is 24.7 Å². The van der Waals surface area contributed by atoms with E-state index in [2.05, 4.69) is 0 Å². The summed E-state index contributed by atoms with van der Waals surface area (Å²) < 4.78 is 23.7. The molecule has 0 fully saturated rings. The number of ether oxygens (including phenoxy) is 4. The zero-order valence-electron chi connectivity index (χ0n) is 28.2. The molecule has 254 valence electrons. The van der Waals surface area contributed by atoms with E-state index >= 15 is 0 Å². The molecule has 0 bridgehead atoms. The van der Waals surface area contributed by atoms with E-state index in [1.165, 1.54) is 0 Å². The first-order valence-corrected chi connectivity index (χ1v) is 16.6. The number of carbonyl (C=O) groups excluding carboxylic acids is 2. The van der Waals surface area contributed by atoms with E-state index in [1.807, 2.05) is 31.2 Å². The van der Waals surface area contributed by atoms with E-state index in [4.69, 9.17) is 24.7 Å². The highest BCUT2D eigenvalue weighted by Gasteiger charge is 2.12. The number of rotatable bonds is 12. The first kappa shape index (κ1) is 33.4. The first-order valence-electron chi connectivity index (χ1n) is 16.6. The van der Waals surface area contributed by atoms with Crippen molar-refractivity contribution in [2.75, 3.05) is 5.73 Å². The van der Waals surface area contributed by atoms with Crippen LogP contribution in [0.1, 0.15) is 37.4 Å². The van der Waals surface area contributed by atoms with Crippen LogP contribution in [0.3, 0.4) is 0 Å². The molecule has 0 aliphatic carbocycles. The molecule has 0 saturated heterocycles. The first-order chi connectivity index (χ1) is 25.3. The molecular weight excluding hydrogens is 650 g/mol. The average Bonchev–Trinajstić information content (AvgIpc) is 3.18. The standard InChI is InChI=1S/C45H33NO6/c1-30-2-14-36(15-3-30)49-37-16-4-31(5-17-37)44(47)33-8-20-39(21-9-33)51-42-26-28-43(29-27-42)52-40-22-10-34(11-23-40)45(48)32-6-18-38(19-7-32)50-41-24-12-35(46)13-25-41/h2-29H,46H2,1H3. The minimum Gasteiger partial charge on any atom is -0.457 e. The number of benzene rings is 7. The monoisotopic (exact) mass is 683 g/mol. The second-order valence-electron chi connectivity index (χ2n) is 12.0. The Hall–Kier alpha value is -7.12. The summed E-state index contributed by atoms with van der Waals surface area (Å²) in [5.74, 6) is 4.88. The maximum Gasteiger partial charge on any atom is 0.193 e. The lowest BCUT2D eigenvalue weighted by Gasteiger charge is -2.10. The summed E-state index contributed by atoms with van der Waals surface area (Å²) in [4.78, 5) is 26.1. The fourth-order valence-corrected chi connectivity index (χ4v) is 5.29. The van der Waals surface area contributed by atoms with Crippen LogP contribution in [-0.2, 0) is 0 Å². The Morgan fingerprint density at radius 1 is 0.327 bits per heavy atom. The Kier molecular flexibility index (Phi) is 9.75. The van der Waals surface area contributed by atoms with Crippen molar-refractivity contribution in [3.05, 3.63) is 198 Å². The molecule has 0 amide bonds. The predicted molar refractivity (Wildman–Crippen MR) is 201 cm³/mol. The highest BCUT2D eigenvalue weighted by molar-refractivity contribution is 6.09. The van der Waals surface area contributed by atoms with Crippen molar-refractivity contribution in [1.82, 2.24) is 0 Å². The van der Waals surface area contributed by atoms with Gasteiger partial charge < -0.3 is 24.7 Å². The molecule has 0 heterocycles. The Balaban J connectivity index is 0.901. The van der Waals surface area contributed by atoms with Crippen molar-refractivity contribution in [3.8, 4) is 46.0 Å². The summed E-state index contributed by atoms with van der Waals surface area (Å²) in [6.45, 7) is 2.02. The van der Waals surface area contributed by atoms with Crippen LogP contribution in [0.2, 0.25) is 0 Å². The number of hydrogen-bond acceptors (Lipinski definition) is 7. The third kappa shape index (κ3) is 8.35. The van der Waals surface area contributed by atoms with Gasteiger partial charge in [-0.25, -0.2) is 0 Å². The van der Waals surface area contributed by atoms with Crippen LogP contribution in [0, 0.1) is 6.92 Å². The number of anilines is 1. The smallest absolute Gasteiger partial charge is 0.193 e. The number of nitrogens with two attached hydrogens (primary N) is 1. The van der Waals surface area contributed by atoms with Crippen LogP contribution in [0.25, 0.3) is 0 Å². The molecule has 0 atom stereocenters. The molecule has 7 aromatic carbocycles. The number of nitrogen functional groups attached to an aromatic ring is 1. The predicted octanol–water partition coefficient (Wildman–Crippen LogP) is 11.2. The Morgan fingerprint density at radius 2 is 0.519 bits per heavy atom. The van der Waals surface area contributed by atoms with Gasteiger partial charge in [-0.2, -0.15) is 0 Å². The van der Waals surface area contributed by atoms with Crippen molar-refractivity contribution in [2.24, 2.45) is 0 Å². The normalized spacial score (nSPS) is 10.6. The topological polar surface area (TPSA) is 97.1 Å². The van der Waals surface area contributed by atoms with E-state index in [9.17, 15) is 9.59 Å². The lowest BCUT2D eigenvalue weighted by Crippen LogP contribution is -2.01. The van der Waals surface area contributed by atoms with E-state index < -0.39 is 0 Å². The fourth-order valence-electron chi connectivity index (χ4n) is 5.29. The van der Waals surface area contributed by atoms with Gasteiger partial charge in [0.25, 0.3) is 0 Å². The molecule has 2 N–H and O–H groups in total. The van der Waals surface area contributed by atoms with Gasteiger partial charge in [-0.15, -0.1) is 0 Å². The molecule has 7 aromatic rings. The number of hydrogen-bond donors (Lipinski definition) is 1. The van der Waals surface area contributed by atoms with E-state index in [0.717, 1.165) is 11.3 Å². The van der Waals surface area contributed by atoms with Gasteiger partial charge in [0.05, 0.1) is 0 Å². The summed E-state index contributed by atoms with van der Waals surface area (Å²) >= 11 is 0. The number of aryl methyl sites for hydroxylation is 1.